The number of carbonyl (C=O) groups excluding carboxylic acids is 1. The Kier molecular flexibility index (Phi) is 11.0. The lowest BCUT2D eigenvalue weighted by atomic mass is 10.2. The third kappa shape index (κ3) is 9.51. The SMILES string of the molecule is CC(C)NC(=O)N(CCn1ccc2ncnc(Nc3ccc(OC4=CN(Cc5ccccc5)S(Cc5ccccc5)=C4)c(F)c3)c21)OS(C)(=O)=O. The number of nitrogens with zero attached hydrogens (tertiary/aromatic N) is 5. The van der Waals surface area contributed by atoms with Crippen LogP contribution in [0.3, 0.4) is 0 Å². The van der Waals surface area contributed by atoms with Gasteiger partial charge in [0.1, 0.15) is 11.8 Å². The number of allylic oxidation sites excluding steroid dienone is 1. The summed E-state index contributed by atoms with van der Waals surface area (Å²) >= 11 is 0. The molecule has 1 aliphatic heterocycles. The first-order valence-electron chi connectivity index (χ1n) is 16.1. The Bertz CT molecular complexity index is 2180. The molecule has 0 fully saturated rings. The molecule has 3 aromatic carbocycles. The van der Waals surface area contributed by atoms with E-state index < -0.39 is 22.0 Å². The van der Waals surface area contributed by atoms with Crippen molar-refractivity contribution in [3.05, 3.63) is 126 Å². The number of anilines is 2. The molecule has 0 radical (unpaired) electrons. The number of amides is 2. The molecule has 0 saturated heterocycles. The number of hydroxylamine groups is 2. The number of rotatable bonds is 14. The van der Waals surface area contributed by atoms with Crippen LogP contribution in [0.2, 0.25) is 0 Å². The standard InChI is InChI=1S/C36H38FN7O5S2/c1-26(2)40-36(45)44(49-51(3,46)47)19-18-42-17-16-32-34(42)35(39-25-38-32)41-29-14-15-33(31(37)20-29)48-30-22-43(21-27-10-6-4-7-11-27)50(24-30)23-28-12-8-5-9-13-28/h4-17,20,22,24-26H,18-19,21,23H2,1-3H3,(H,40,45)(H,38,39,41). The number of urea groups is 1. The van der Waals surface area contributed by atoms with E-state index in [0.29, 0.717) is 34.8 Å². The quantitative estimate of drug-likeness (QED) is 0.0965. The Morgan fingerprint density at radius 1 is 1.00 bits per heavy atom. The number of hydrogen-bond donors (Lipinski definition) is 2. The van der Waals surface area contributed by atoms with Crippen LogP contribution in [-0.4, -0.2) is 62.6 Å². The number of ether oxygens (including phenoxy) is 1. The van der Waals surface area contributed by atoms with Crippen molar-refractivity contribution < 1.29 is 26.6 Å². The molecular weight excluding hydrogens is 694 g/mol. The lowest BCUT2D eigenvalue weighted by Crippen LogP contribution is -2.45. The van der Waals surface area contributed by atoms with E-state index in [2.05, 4.69) is 49.2 Å². The van der Waals surface area contributed by atoms with Crippen LogP contribution in [0, 0.1) is 5.82 Å². The van der Waals surface area contributed by atoms with Gasteiger partial charge in [0, 0.05) is 41.7 Å². The molecule has 6 rings (SSSR count). The van der Waals surface area contributed by atoms with Gasteiger partial charge < -0.3 is 24.2 Å². The first kappa shape index (κ1) is 35.6. The van der Waals surface area contributed by atoms with Crippen LogP contribution in [0.5, 0.6) is 5.75 Å². The second-order valence-corrected chi connectivity index (χ2v) is 15.4. The highest BCUT2D eigenvalue weighted by Gasteiger charge is 2.22. The van der Waals surface area contributed by atoms with E-state index in [1.807, 2.05) is 48.0 Å². The molecule has 5 aromatic rings. The number of aromatic nitrogens is 3. The van der Waals surface area contributed by atoms with Crippen LogP contribution in [0.1, 0.15) is 25.0 Å². The number of halogens is 1. The summed E-state index contributed by atoms with van der Waals surface area (Å²) < 4.78 is 54.3. The average molecular weight is 732 g/mol. The minimum atomic E-state index is -3.97. The monoisotopic (exact) mass is 731 g/mol. The Morgan fingerprint density at radius 2 is 1.73 bits per heavy atom. The van der Waals surface area contributed by atoms with E-state index in [4.69, 9.17) is 9.02 Å². The van der Waals surface area contributed by atoms with Crippen LogP contribution in [0.4, 0.5) is 20.7 Å². The molecule has 15 heteroatoms. The number of carbonyl (C=O) groups is 1. The van der Waals surface area contributed by atoms with Gasteiger partial charge in [-0.3, -0.25) is 0 Å². The van der Waals surface area contributed by atoms with E-state index in [1.54, 1.807) is 42.8 Å². The van der Waals surface area contributed by atoms with Gasteiger partial charge in [-0.2, -0.15) is 13.5 Å². The van der Waals surface area contributed by atoms with Crippen molar-refractivity contribution in [3.8, 4) is 5.75 Å². The topological polar surface area (TPSA) is 131 Å². The van der Waals surface area contributed by atoms with Gasteiger partial charge in [-0.1, -0.05) is 71.3 Å². The lowest BCUT2D eigenvalue weighted by Gasteiger charge is -2.22. The summed E-state index contributed by atoms with van der Waals surface area (Å²) in [6.07, 6.45) is 5.92. The van der Waals surface area contributed by atoms with Crippen molar-refractivity contribution in [2.45, 2.75) is 38.7 Å². The third-order valence-electron chi connectivity index (χ3n) is 7.54. The molecule has 1 atom stereocenters. The second kappa shape index (κ2) is 15.7. The van der Waals surface area contributed by atoms with E-state index in [9.17, 15) is 13.2 Å². The largest absolute Gasteiger partial charge is 0.452 e. The van der Waals surface area contributed by atoms with Crippen molar-refractivity contribution in [1.82, 2.24) is 29.2 Å². The summed E-state index contributed by atoms with van der Waals surface area (Å²) in [5.41, 5.74) is 3.94. The van der Waals surface area contributed by atoms with Crippen LogP contribution in [0.15, 0.2) is 109 Å². The fraction of sp³-hybridized carbons (Fsp3) is 0.222. The molecule has 266 valence electrons. The van der Waals surface area contributed by atoms with Crippen molar-refractivity contribution >= 4 is 54.7 Å². The number of nitrogens with one attached hydrogen (secondary N) is 2. The van der Waals surface area contributed by atoms with Gasteiger partial charge >= 0.3 is 6.03 Å². The van der Waals surface area contributed by atoms with Crippen molar-refractivity contribution in [3.63, 3.8) is 0 Å². The van der Waals surface area contributed by atoms with E-state index in [1.165, 1.54) is 18.0 Å². The van der Waals surface area contributed by atoms with Crippen molar-refractivity contribution in [1.29, 1.82) is 0 Å². The maximum Gasteiger partial charge on any atom is 0.342 e. The Hall–Kier alpha value is -5.25. The third-order valence-corrected chi connectivity index (χ3v) is 9.97. The smallest absolute Gasteiger partial charge is 0.342 e. The molecule has 0 spiro atoms. The molecule has 0 bridgehead atoms. The van der Waals surface area contributed by atoms with E-state index >= 15 is 4.39 Å². The highest BCUT2D eigenvalue weighted by molar-refractivity contribution is 8.12. The molecule has 0 aliphatic carbocycles. The summed E-state index contributed by atoms with van der Waals surface area (Å²) in [5.74, 6) is 1.26. The molecule has 2 aromatic heterocycles. The number of fused-ring (bicyclic) bond motifs is 1. The highest BCUT2D eigenvalue weighted by Crippen LogP contribution is 2.35. The van der Waals surface area contributed by atoms with Crippen molar-refractivity contribution in [2.75, 3.05) is 18.1 Å². The number of benzene rings is 3. The Morgan fingerprint density at radius 3 is 2.41 bits per heavy atom. The molecular formula is C36H38FN7O5S2. The molecule has 0 saturated carbocycles. The van der Waals surface area contributed by atoms with Crippen LogP contribution in [0.25, 0.3) is 11.0 Å². The van der Waals surface area contributed by atoms with E-state index in [-0.39, 0.29) is 35.6 Å². The van der Waals surface area contributed by atoms with Gasteiger partial charge in [0.15, 0.2) is 23.1 Å². The Balaban J connectivity index is 1.18. The zero-order valence-electron chi connectivity index (χ0n) is 28.3. The fourth-order valence-corrected chi connectivity index (χ4v) is 7.66. The first-order chi connectivity index (χ1) is 24.5. The summed E-state index contributed by atoms with van der Waals surface area (Å²) in [6, 6.07) is 25.8. The minimum absolute atomic E-state index is 0.0784. The zero-order chi connectivity index (χ0) is 36.0. The molecule has 2 N–H and O–H groups in total. The second-order valence-electron chi connectivity index (χ2n) is 12.1. The summed E-state index contributed by atoms with van der Waals surface area (Å²) in [5, 5.41) is 8.59. The molecule has 12 nitrogen and oxygen atoms in total. The summed E-state index contributed by atoms with van der Waals surface area (Å²) in [4.78, 5) is 21.3. The first-order valence-corrected chi connectivity index (χ1v) is 19.4. The van der Waals surface area contributed by atoms with Gasteiger partial charge in [0.2, 0.25) is 0 Å². The zero-order valence-corrected chi connectivity index (χ0v) is 29.9. The van der Waals surface area contributed by atoms with Gasteiger partial charge in [-0.15, -0.1) is 4.28 Å². The molecule has 51 heavy (non-hydrogen) atoms. The predicted octanol–water partition coefficient (Wildman–Crippen LogP) is 6.55. The van der Waals surface area contributed by atoms with Gasteiger partial charge in [0.05, 0.1) is 31.1 Å². The van der Waals surface area contributed by atoms with Crippen LogP contribution in [-0.2, 0) is 33.2 Å². The normalized spacial score (nSPS) is 14.3. The lowest BCUT2D eigenvalue weighted by molar-refractivity contribution is -0.00835. The molecule has 2 amide bonds. The van der Waals surface area contributed by atoms with Gasteiger partial charge in [0.25, 0.3) is 10.1 Å². The van der Waals surface area contributed by atoms with Crippen LogP contribution >= 0.6 is 10.7 Å². The fourth-order valence-electron chi connectivity index (χ4n) is 5.34. The highest BCUT2D eigenvalue weighted by atomic mass is 32.2. The summed E-state index contributed by atoms with van der Waals surface area (Å²) in [7, 11) is -4.28. The molecule has 1 unspecified atom stereocenters. The van der Waals surface area contributed by atoms with Gasteiger partial charge in [-0.25, -0.2) is 19.2 Å². The average Bonchev–Trinajstić information content (AvgIpc) is 3.68. The molecule has 1 aliphatic rings. The summed E-state index contributed by atoms with van der Waals surface area (Å²) in [6.45, 7) is 4.23. The Labute approximate surface area is 298 Å². The number of hydrogen-bond acceptors (Lipinski definition) is 9. The van der Waals surface area contributed by atoms with Gasteiger partial charge in [-0.05, 0) is 43.2 Å². The predicted molar refractivity (Wildman–Crippen MR) is 198 cm³/mol. The minimum Gasteiger partial charge on any atom is -0.452 e. The van der Waals surface area contributed by atoms with E-state index in [0.717, 1.165) is 22.6 Å². The molecule has 3 heterocycles. The van der Waals surface area contributed by atoms with Crippen molar-refractivity contribution in [2.24, 2.45) is 0 Å². The maximum atomic E-state index is 15.6. The van der Waals surface area contributed by atoms with Crippen LogP contribution < -0.4 is 15.4 Å². The maximum absolute atomic E-state index is 15.6.